The topological polar surface area (TPSA) is 101 Å². The van der Waals surface area contributed by atoms with Gasteiger partial charge in [0.25, 0.3) is 0 Å². The van der Waals surface area contributed by atoms with Crippen molar-refractivity contribution in [1.82, 2.24) is 0 Å². The molecule has 29 heavy (non-hydrogen) atoms. The number of aliphatic hydroxyl groups is 2. The monoisotopic (exact) mass is 406 g/mol. The van der Waals surface area contributed by atoms with Crippen molar-refractivity contribution >= 4 is 17.5 Å². The molecule has 0 bridgehead atoms. The summed E-state index contributed by atoms with van der Waals surface area (Å²) in [6.45, 7) is 9.06. The molecule has 0 saturated heterocycles. The molecule has 162 valence electrons. The highest BCUT2D eigenvalue weighted by molar-refractivity contribution is 5.93. The average molecular weight is 407 g/mol. The molecule has 2 N–H and O–H groups in total. The van der Waals surface area contributed by atoms with Gasteiger partial charge in [0.15, 0.2) is 5.78 Å². The summed E-state index contributed by atoms with van der Waals surface area (Å²) in [7, 11) is 0. The molecule has 0 aromatic rings. The predicted octanol–water partition coefficient (Wildman–Crippen LogP) is 2.77. The minimum atomic E-state index is -0.927. The summed E-state index contributed by atoms with van der Waals surface area (Å²) in [6, 6.07) is 0. The largest absolute Gasteiger partial charge is 0.454 e. The number of carbonyl (C=O) groups excluding carboxylic acids is 3. The van der Waals surface area contributed by atoms with E-state index in [1.165, 1.54) is 6.08 Å². The van der Waals surface area contributed by atoms with Gasteiger partial charge in [0.1, 0.15) is 11.9 Å². The van der Waals surface area contributed by atoms with Crippen molar-refractivity contribution in [2.24, 2.45) is 22.7 Å². The van der Waals surface area contributed by atoms with Crippen molar-refractivity contribution in [1.29, 1.82) is 0 Å². The third-order valence-electron chi connectivity index (χ3n) is 7.37. The molecule has 2 aliphatic carbocycles. The molecule has 2 aliphatic rings. The molecule has 1 fully saturated rings. The van der Waals surface area contributed by atoms with Crippen LogP contribution in [-0.4, -0.2) is 47.1 Å². The fourth-order valence-electron chi connectivity index (χ4n) is 5.04. The van der Waals surface area contributed by atoms with Gasteiger partial charge in [0.05, 0.1) is 13.2 Å². The van der Waals surface area contributed by atoms with Crippen LogP contribution >= 0.6 is 0 Å². The normalized spacial score (nSPS) is 32.8. The summed E-state index contributed by atoms with van der Waals surface area (Å²) >= 11 is 0. The maximum absolute atomic E-state index is 12.9. The fourth-order valence-corrected chi connectivity index (χ4v) is 5.04. The molecule has 0 radical (unpaired) electrons. The Bertz CT molecular complexity index is 732. The molecule has 0 aromatic heterocycles. The number of rotatable bonds is 7. The summed E-state index contributed by atoms with van der Waals surface area (Å²) in [4.78, 5) is 37.1. The van der Waals surface area contributed by atoms with Gasteiger partial charge in [-0.15, -0.1) is 0 Å². The Kier molecular flexibility index (Phi) is 7.23. The van der Waals surface area contributed by atoms with Crippen molar-refractivity contribution < 1.29 is 29.3 Å². The zero-order valence-corrected chi connectivity index (χ0v) is 18.2. The Morgan fingerprint density at radius 2 is 1.93 bits per heavy atom. The molecule has 0 amide bonds. The summed E-state index contributed by atoms with van der Waals surface area (Å²) < 4.78 is 4.98. The highest BCUT2D eigenvalue weighted by Crippen LogP contribution is 2.60. The van der Waals surface area contributed by atoms with Crippen LogP contribution in [0.2, 0.25) is 0 Å². The minimum Gasteiger partial charge on any atom is -0.454 e. The first-order valence-corrected chi connectivity index (χ1v) is 10.3. The van der Waals surface area contributed by atoms with Gasteiger partial charge in [-0.05, 0) is 49.5 Å². The van der Waals surface area contributed by atoms with E-state index in [2.05, 4.69) is 13.8 Å². The number of ketones is 2. The summed E-state index contributed by atoms with van der Waals surface area (Å²) in [5.41, 5.74) is 1.12. The zero-order valence-electron chi connectivity index (χ0n) is 18.2. The molecule has 6 nitrogen and oxygen atoms in total. The van der Waals surface area contributed by atoms with Crippen LogP contribution in [0.4, 0.5) is 0 Å². The van der Waals surface area contributed by atoms with Crippen molar-refractivity contribution in [2.75, 3.05) is 13.2 Å². The van der Waals surface area contributed by atoms with Gasteiger partial charge in [0.2, 0.25) is 0 Å². The first kappa shape index (κ1) is 23.5. The van der Waals surface area contributed by atoms with Crippen molar-refractivity contribution in [3.05, 3.63) is 23.3 Å². The molecule has 0 aliphatic heterocycles. The first-order chi connectivity index (χ1) is 13.5. The Hall–Kier alpha value is -1.79. The van der Waals surface area contributed by atoms with Gasteiger partial charge in [0, 0.05) is 24.8 Å². The molecular formula is C23H34O6. The van der Waals surface area contributed by atoms with Crippen LogP contribution in [0.25, 0.3) is 0 Å². The zero-order chi connectivity index (χ0) is 22.0. The molecule has 1 saturated carbocycles. The molecule has 0 spiro atoms. The van der Waals surface area contributed by atoms with Crippen LogP contribution in [-0.2, 0) is 19.1 Å². The number of esters is 1. The number of fused-ring (bicyclic) bond motifs is 1. The minimum absolute atomic E-state index is 0.0770. The van der Waals surface area contributed by atoms with E-state index in [0.29, 0.717) is 25.7 Å². The van der Waals surface area contributed by atoms with E-state index >= 15 is 0 Å². The van der Waals surface area contributed by atoms with Crippen molar-refractivity contribution in [2.45, 2.75) is 66.4 Å². The van der Waals surface area contributed by atoms with Gasteiger partial charge < -0.3 is 14.9 Å². The summed E-state index contributed by atoms with van der Waals surface area (Å²) in [5.74, 6) is -0.346. The van der Waals surface area contributed by atoms with Crippen LogP contribution in [0.1, 0.15) is 60.3 Å². The lowest BCUT2D eigenvalue weighted by atomic mass is 9.46. The van der Waals surface area contributed by atoms with E-state index in [4.69, 9.17) is 14.9 Å². The van der Waals surface area contributed by atoms with E-state index in [9.17, 15) is 14.4 Å². The van der Waals surface area contributed by atoms with E-state index in [1.54, 1.807) is 6.08 Å². The molecule has 0 aromatic carbocycles. The number of aliphatic hydroxyl groups excluding tert-OH is 2. The number of hydrogen-bond donors (Lipinski definition) is 2. The third-order valence-corrected chi connectivity index (χ3v) is 7.37. The molecule has 0 unspecified atom stereocenters. The third kappa shape index (κ3) is 4.69. The lowest BCUT2D eigenvalue weighted by Crippen LogP contribution is -2.54. The second-order valence-corrected chi connectivity index (χ2v) is 9.25. The summed E-state index contributed by atoms with van der Waals surface area (Å²) in [5, 5.41) is 18.1. The lowest BCUT2D eigenvalue weighted by molar-refractivity contribution is -0.147. The number of hydrogen-bond acceptors (Lipinski definition) is 6. The van der Waals surface area contributed by atoms with Crippen molar-refractivity contribution in [3.8, 4) is 0 Å². The number of carbonyl (C=O) groups is 3. The van der Waals surface area contributed by atoms with Crippen LogP contribution < -0.4 is 0 Å². The highest BCUT2D eigenvalue weighted by Gasteiger charge is 2.57. The first-order valence-electron chi connectivity index (χ1n) is 10.3. The second-order valence-electron chi connectivity index (χ2n) is 9.25. The predicted molar refractivity (Wildman–Crippen MR) is 109 cm³/mol. The van der Waals surface area contributed by atoms with E-state index in [1.807, 2.05) is 20.8 Å². The Balaban J connectivity index is 2.20. The molecular weight excluding hydrogens is 372 g/mol. The van der Waals surface area contributed by atoms with Crippen LogP contribution in [0, 0.1) is 22.7 Å². The maximum Gasteiger partial charge on any atom is 0.331 e. The summed E-state index contributed by atoms with van der Waals surface area (Å²) in [6.07, 6.45) is 4.32. The fraction of sp³-hybridized carbons (Fsp3) is 0.696. The van der Waals surface area contributed by atoms with Gasteiger partial charge in [-0.1, -0.05) is 31.9 Å². The number of allylic oxidation sites excluding steroid dienone is 3. The van der Waals surface area contributed by atoms with Gasteiger partial charge in [-0.25, -0.2) is 4.79 Å². The van der Waals surface area contributed by atoms with Crippen LogP contribution in [0.15, 0.2) is 23.3 Å². The van der Waals surface area contributed by atoms with E-state index in [0.717, 1.165) is 11.1 Å². The Labute approximate surface area is 173 Å². The van der Waals surface area contributed by atoms with Crippen LogP contribution in [0.5, 0.6) is 0 Å². The smallest absolute Gasteiger partial charge is 0.331 e. The standard InChI is InChI=1S/C23H34O6/c1-14(8-21(28)29-18(12-24)13-25)6-7-22(4)16(3)19(27)11-23(5)15(2)9-17(26)10-20(22)23/h8-9,16,18,20,24-25H,6-7,10-13H2,1-5H3/b14-8+/t16-,20-,22+,23+/m0/s1. The van der Waals surface area contributed by atoms with Gasteiger partial charge in [-0.3, -0.25) is 9.59 Å². The Morgan fingerprint density at radius 3 is 2.52 bits per heavy atom. The SMILES string of the molecule is CC1=CC(=O)C[C@H]2[C@](C)(CC/C(C)=C/C(=O)OC(CO)CO)[C@@H](C)C(=O)C[C@]12C. The molecule has 2 rings (SSSR count). The van der Waals surface area contributed by atoms with E-state index < -0.39 is 25.3 Å². The molecule has 4 atom stereocenters. The van der Waals surface area contributed by atoms with Crippen molar-refractivity contribution in [3.63, 3.8) is 0 Å². The van der Waals surface area contributed by atoms with Crippen LogP contribution in [0.3, 0.4) is 0 Å². The lowest BCUT2D eigenvalue weighted by Gasteiger charge is -2.56. The Morgan fingerprint density at radius 1 is 1.31 bits per heavy atom. The maximum atomic E-state index is 12.9. The average Bonchev–Trinajstić information content (AvgIpc) is 2.65. The highest BCUT2D eigenvalue weighted by atomic mass is 16.6. The van der Waals surface area contributed by atoms with Gasteiger partial charge in [-0.2, -0.15) is 0 Å². The quantitative estimate of drug-likeness (QED) is 0.498. The molecule has 6 heteroatoms. The second kappa shape index (κ2) is 8.92. The van der Waals surface area contributed by atoms with E-state index in [-0.39, 0.29) is 34.2 Å². The number of ether oxygens (including phenoxy) is 1. The number of Topliss-reactive ketones (excluding diaryl/α,β-unsaturated/α-hetero) is 1. The molecule has 0 heterocycles. The van der Waals surface area contributed by atoms with Gasteiger partial charge >= 0.3 is 5.97 Å².